The number of carbonyl (C=O) groups excluding carboxylic acids is 3. The summed E-state index contributed by atoms with van der Waals surface area (Å²) in [4.78, 5) is 55.1. The summed E-state index contributed by atoms with van der Waals surface area (Å²) in [6.07, 6.45) is 0.829. The first-order valence-corrected chi connectivity index (χ1v) is 11.5. The average Bonchev–Trinajstić information content (AvgIpc) is 2.84. The fourth-order valence-electron chi connectivity index (χ4n) is 4.31. The van der Waals surface area contributed by atoms with Gasteiger partial charge < -0.3 is 19.5 Å². The van der Waals surface area contributed by atoms with Crippen molar-refractivity contribution in [1.29, 1.82) is 0 Å². The third kappa shape index (κ3) is 5.00. The van der Waals surface area contributed by atoms with Crippen LogP contribution >= 0.6 is 0 Å². The molecular weight excluding hydrogens is 476 g/mol. The molecule has 10 nitrogen and oxygen atoms in total. The molecule has 1 fully saturated rings. The maximum atomic E-state index is 13.9. The van der Waals surface area contributed by atoms with Crippen LogP contribution in [0.3, 0.4) is 0 Å². The highest BCUT2D eigenvalue weighted by atomic mass is 19.1. The summed E-state index contributed by atoms with van der Waals surface area (Å²) < 4.78 is 28.3. The van der Waals surface area contributed by atoms with Crippen molar-refractivity contribution >= 4 is 17.6 Å². The van der Waals surface area contributed by atoms with E-state index in [-0.39, 0.29) is 48.8 Å². The molecular formula is C24H27F2N5O5. The number of fused-ring (bicyclic) bond motifs is 1. The topological polar surface area (TPSA) is 106 Å². The van der Waals surface area contributed by atoms with Crippen molar-refractivity contribution in [2.45, 2.75) is 19.5 Å². The van der Waals surface area contributed by atoms with Crippen LogP contribution in [0.25, 0.3) is 0 Å². The van der Waals surface area contributed by atoms with E-state index in [4.69, 9.17) is 0 Å². The number of aromatic hydroxyl groups is 1. The van der Waals surface area contributed by atoms with Gasteiger partial charge in [0.15, 0.2) is 17.2 Å². The van der Waals surface area contributed by atoms with E-state index in [1.54, 1.807) is 4.90 Å². The molecule has 2 aliphatic heterocycles. The first-order chi connectivity index (χ1) is 17.1. The summed E-state index contributed by atoms with van der Waals surface area (Å²) in [5, 5.41) is 13.1. The molecule has 1 saturated heterocycles. The van der Waals surface area contributed by atoms with E-state index in [1.807, 2.05) is 7.05 Å². The number of carbonyl (C=O) groups is 3. The highest BCUT2D eigenvalue weighted by Gasteiger charge is 2.35. The molecule has 2 amide bonds. The fraction of sp³-hybridized carbons (Fsp3) is 0.417. The van der Waals surface area contributed by atoms with Gasteiger partial charge >= 0.3 is 0 Å². The van der Waals surface area contributed by atoms with Crippen molar-refractivity contribution in [3.63, 3.8) is 0 Å². The lowest BCUT2D eigenvalue weighted by Crippen LogP contribution is -2.56. The molecule has 2 aromatic rings. The SMILES string of the molecule is CN1CCN(C(=O)CN2Cn3cc(C(=O)CCc4ccc(F)cc4F)c(=O)c(O)c3C(=O)N2C)CC1. The number of hydrazine groups is 1. The van der Waals surface area contributed by atoms with Crippen LogP contribution in [0.2, 0.25) is 0 Å². The van der Waals surface area contributed by atoms with E-state index in [1.165, 1.54) is 33.9 Å². The second-order valence-electron chi connectivity index (χ2n) is 9.02. The van der Waals surface area contributed by atoms with E-state index in [0.717, 1.165) is 19.2 Å². The van der Waals surface area contributed by atoms with Crippen LogP contribution in [-0.4, -0.2) is 93.9 Å². The Kier molecular flexibility index (Phi) is 7.18. The molecule has 0 saturated carbocycles. The minimum Gasteiger partial charge on any atom is -0.503 e. The number of likely N-dealkylation sites (N-methyl/N-ethyl adjacent to an activating group) is 1. The minimum atomic E-state index is -1.01. The number of aryl methyl sites for hydroxylation is 1. The van der Waals surface area contributed by atoms with Crippen molar-refractivity contribution in [3.8, 4) is 5.75 Å². The molecule has 0 bridgehead atoms. The second kappa shape index (κ2) is 10.2. The first kappa shape index (κ1) is 25.5. The van der Waals surface area contributed by atoms with Gasteiger partial charge in [-0.25, -0.2) is 8.78 Å². The summed E-state index contributed by atoms with van der Waals surface area (Å²) in [6.45, 7) is 2.45. The van der Waals surface area contributed by atoms with E-state index in [2.05, 4.69) is 4.90 Å². The molecule has 1 aromatic carbocycles. The Bertz CT molecular complexity index is 1270. The number of ketones is 1. The number of piperazine rings is 1. The number of pyridine rings is 1. The summed E-state index contributed by atoms with van der Waals surface area (Å²) in [6, 6.07) is 3.00. The Morgan fingerprint density at radius 1 is 1.06 bits per heavy atom. The van der Waals surface area contributed by atoms with E-state index in [0.29, 0.717) is 19.2 Å². The summed E-state index contributed by atoms with van der Waals surface area (Å²) in [5.41, 5.74) is -1.54. The van der Waals surface area contributed by atoms with Crippen molar-refractivity contribution in [2.24, 2.45) is 0 Å². The van der Waals surface area contributed by atoms with Gasteiger partial charge in [-0.3, -0.25) is 24.2 Å². The molecule has 0 radical (unpaired) electrons. The van der Waals surface area contributed by atoms with Crippen molar-refractivity contribution in [1.82, 2.24) is 24.4 Å². The number of halogens is 2. The van der Waals surface area contributed by atoms with Crippen LogP contribution in [0.15, 0.2) is 29.2 Å². The van der Waals surface area contributed by atoms with Crippen LogP contribution in [0.1, 0.15) is 32.8 Å². The smallest absolute Gasteiger partial charge is 0.288 e. The minimum absolute atomic E-state index is 0.0578. The highest BCUT2D eigenvalue weighted by Crippen LogP contribution is 2.23. The van der Waals surface area contributed by atoms with Crippen molar-refractivity contribution in [3.05, 3.63) is 63.1 Å². The molecule has 192 valence electrons. The van der Waals surface area contributed by atoms with Gasteiger partial charge in [0.1, 0.15) is 11.6 Å². The largest absolute Gasteiger partial charge is 0.503 e. The molecule has 36 heavy (non-hydrogen) atoms. The summed E-state index contributed by atoms with van der Waals surface area (Å²) in [5.74, 6) is -3.95. The lowest BCUT2D eigenvalue weighted by atomic mass is 10.0. The predicted octanol–water partition coefficient (Wildman–Crippen LogP) is 0.682. The van der Waals surface area contributed by atoms with E-state index >= 15 is 0 Å². The van der Waals surface area contributed by atoms with Crippen LogP contribution in [0.5, 0.6) is 5.75 Å². The number of benzene rings is 1. The van der Waals surface area contributed by atoms with Crippen molar-refractivity contribution < 1.29 is 28.3 Å². The Morgan fingerprint density at radius 2 is 1.75 bits per heavy atom. The lowest BCUT2D eigenvalue weighted by molar-refractivity contribution is -0.139. The lowest BCUT2D eigenvalue weighted by Gasteiger charge is -2.39. The molecule has 3 heterocycles. The zero-order valence-electron chi connectivity index (χ0n) is 20.0. The van der Waals surface area contributed by atoms with Gasteiger partial charge in [-0.2, -0.15) is 5.01 Å². The number of nitrogens with zero attached hydrogens (tertiary/aromatic N) is 5. The molecule has 0 atom stereocenters. The zero-order valence-corrected chi connectivity index (χ0v) is 20.0. The Labute approximate surface area is 205 Å². The maximum Gasteiger partial charge on any atom is 0.288 e. The number of amides is 2. The van der Waals surface area contributed by atoms with Crippen LogP contribution in [0, 0.1) is 11.6 Å². The Hall–Kier alpha value is -3.64. The Morgan fingerprint density at radius 3 is 2.42 bits per heavy atom. The zero-order chi connectivity index (χ0) is 26.1. The van der Waals surface area contributed by atoms with Gasteiger partial charge in [0.05, 0.1) is 18.8 Å². The van der Waals surface area contributed by atoms with Crippen LogP contribution in [0.4, 0.5) is 8.78 Å². The van der Waals surface area contributed by atoms with E-state index < -0.39 is 34.5 Å². The molecule has 0 aliphatic carbocycles. The number of rotatable bonds is 6. The predicted molar refractivity (Wildman–Crippen MR) is 124 cm³/mol. The second-order valence-corrected chi connectivity index (χ2v) is 9.02. The van der Waals surface area contributed by atoms with E-state index in [9.17, 15) is 33.1 Å². The normalized spacial score (nSPS) is 16.8. The van der Waals surface area contributed by atoms with Gasteiger partial charge in [0.25, 0.3) is 5.91 Å². The Balaban J connectivity index is 1.53. The molecule has 2 aliphatic rings. The monoisotopic (exact) mass is 503 g/mol. The van der Waals surface area contributed by atoms with Gasteiger partial charge in [-0.15, -0.1) is 0 Å². The number of hydrogen-bond acceptors (Lipinski definition) is 7. The molecule has 1 aromatic heterocycles. The number of aromatic nitrogens is 1. The molecule has 1 N–H and O–H groups in total. The quantitative estimate of drug-likeness (QED) is 0.578. The summed E-state index contributed by atoms with van der Waals surface area (Å²) >= 11 is 0. The molecule has 0 unspecified atom stereocenters. The molecule has 0 spiro atoms. The van der Waals surface area contributed by atoms with Crippen LogP contribution in [-0.2, 0) is 17.9 Å². The van der Waals surface area contributed by atoms with Gasteiger partial charge in [0, 0.05) is 51.9 Å². The maximum absolute atomic E-state index is 13.9. The van der Waals surface area contributed by atoms with Crippen molar-refractivity contribution in [2.75, 3.05) is 46.8 Å². The van der Waals surface area contributed by atoms with Gasteiger partial charge in [0.2, 0.25) is 11.3 Å². The fourth-order valence-corrected chi connectivity index (χ4v) is 4.31. The summed E-state index contributed by atoms with van der Waals surface area (Å²) in [7, 11) is 3.40. The first-order valence-electron chi connectivity index (χ1n) is 11.5. The van der Waals surface area contributed by atoms with Gasteiger partial charge in [-0.05, 0) is 25.1 Å². The highest BCUT2D eigenvalue weighted by molar-refractivity contribution is 5.99. The molecule has 4 rings (SSSR count). The number of Topliss-reactive ketones (excluding diaryl/α,β-unsaturated/α-hetero) is 1. The standard InChI is InChI=1S/C24H27F2N5O5/c1-27-7-9-29(10-8-27)20(33)13-31-14-30-12-17(22(34)23(35)21(30)24(36)28(31)2)19(32)6-4-15-3-5-16(25)11-18(15)26/h3,5,11-12,35H,4,6-10,13-14H2,1-2H3. The third-order valence-electron chi connectivity index (χ3n) is 6.60. The molecule has 12 heteroatoms. The van der Waals surface area contributed by atoms with Crippen LogP contribution < -0.4 is 5.43 Å². The average molecular weight is 504 g/mol. The third-order valence-corrected chi connectivity index (χ3v) is 6.60. The number of hydrogen-bond donors (Lipinski definition) is 1. The van der Waals surface area contributed by atoms with Gasteiger partial charge in [-0.1, -0.05) is 6.07 Å².